The zero-order valence-electron chi connectivity index (χ0n) is 4.78. The number of hydrogen-bond donors (Lipinski definition) is 2. The maximum absolute atomic E-state index is 10.2. The predicted octanol–water partition coefficient (Wildman–Crippen LogP) is -0.0626. The first-order valence-corrected chi connectivity index (χ1v) is 3.79. The Labute approximate surface area is 57.1 Å². The Hall–Kier alpha value is -0.220. The summed E-state index contributed by atoms with van der Waals surface area (Å²) >= 11 is 1.31. The van der Waals surface area contributed by atoms with E-state index in [0.29, 0.717) is 6.42 Å². The highest BCUT2D eigenvalue weighted by molar-refractivity contribution is 8.00. The summed E-state index contributed by atoms with van der Waals surface area (Å²) < 4.78 is 0. The maximum Gasteiger partial charge on any atom is 0.319 e. The second kappa shape index (κ2) is 2.58. The second-order valence-electron chi connectivity index (χ2n) is 1.99. The number of aliphatic hydroxyl groups excluding tert-OH is 1. The highest BCUT2D eigenvalue weighted by Crippen LogP contribution is 2.26. The summed E-state index contributed by atoms with van der Waals surface area (Å²) in [7, 11) is 0. The quantitative estimate of drug-likeness (QED) is 0.547. The predicted molar refractivity (Wildman–Crippen MR) is 34.5 cm³/mol. The third-order valence-corrected chi connectivity index (χ3v) is 2.65. The number of aliphatic carboxylic acids is 1. The van der Waals surface area contributed by atoms with Crippen molar-refractivity contribution in [2.45, 2.75) is 17.8 Å². The van der Waals surface area contributed by atoms with Gasteiger partial charge in [-0.2, -0.15) is 0 Å². The van der Waals surface area contributed by atoms with Crippen molar-refractivity contribution >= 4 is 17.7 Å². The van der Waals surface area contributed by atoms with Crippen LogP contribution in [0, 0.1) is 0 Å². The van der Waals surface area contributed by atoms with Gasteiger partial charge >= 0.3 is 5.97 Å². The summed E-state index contributed by atoms with van der Waals surface area (Å²) in [6.45, 7) is 0. The van der Waals surface area contributed by atoms with Gasteiger partial charge in [0, 0.05) is 0 Å². The van der Waals surface area contributed by atoms with Gasteiger partial charge in [-0.25, -0.2) is 0 Å². The van der Waals surface area contributed by atoms with Crippen LogP contribution >= 0.6 is 11.8 Å². The van der Waals surface area contributed by atoms with E-state index in [0.717, 1.165) is 5.75 Å². The molecule has 0 aromatic heterocycles. The Bertz CT molecular complexity index is 125. The molecular weight excluding hydrogens is 140 g/mol. The van der Waals surface area contributed by atoms with E-state index in [1.165, 1.54) is 11.8 Å². The fourth-order valence-electron chi connectivity index (χ4n) is 0.814. The van der Waals surface area contributed by atoms with E-state index in [-0.39, 0.29) is 0 Å². The minimum atomic E-state index is -0.898. The number of aliphatic hydroxyl groups is 1. The van der Waals surface area contributed by atoms with Crippen molar-refractivity contribution in [1.29, 1.82) is 0 Å². The van der Waals surface area contributed by atoms with E-state index in [4.69, 9.17) is 10.2 Å². The molecule has 0 saturated carbocycles. The van der Waals surface area contributed by atoms with Crippen molar-refractivity contribution < 1.29 is 15.0 Å². The molecule has 0 bridgehead atoms. The fourth-order valence-corrected chi connectivity index (χ4v) is 1.95. The summed E-state index contributed by atoms with van der Waals surface area (Å²) in [6, 6.07) is 0. The summed E-state index contributed by atoms with van der Waals surface area (Å²) in [5, 5.41) is 16.8. The summed E-state index contributed by atoms with van der Waals surface area (Å²) in [5.41, 5.74) is 0. The highest BCUT2D eigenvalue weighted by atomic mass is 32.2. The van der Waals surface area contributed by atoms with Crippen molar-refractivity contribution in [1.82, 2.24) is 0 Å². The Morgan fingerprint density at radius 3 is 2.56 bits per heavy atom. The van der Waals surface area contributed by atoms with Crippen LogP contribution in [0.15, 0.2) is 0 Å². The van der Waals surface area contributed by atoms with Crippen molar-refractivity contribution in [3.63, 3.8) is 0 Å². The second-order valence-corrected chi connectivity index (χ2v) is 3.24. The van der Waals surface area contributed by atoms with E-state index in [1.807, 2.05) is 0 Å². The molecule has 4 heteroatoms. The summed E-state index contributed by atoms with van der Waals surface area (Å²) in [4.78, 5) is 10.2. The van der Waals surface area contributed by atoms with E-state index >= 15 is 0 Å². The SMILES string of the molecule is O=C(O)[C@@H]1SCC[C@H]1O. The topological polar surface area (TPSA) is 57.5 Å². The first-order valence-electron chi connectivity index (χ1n) is 2.74. The molecule has 0 radical (unpaired) electrons. The summed E-state index contributed by atoms with van der Waals surface area (Å²) in [5.74, 6) is -0.136. The molecule has 1 saturated heterocycles. The van der Waals surface area contributed by atoms with Gasteiger partial charge in [0.05, 0.1) is 6.10 Å². The normalized spacial score (nSPS) is 34.8. The standard InChI is InChI=1S/C5H8O3S/c6-3-1-2-9-4(3)5(7)8/h3-4,6H,1-2H2,(H,7,8)/t3-,4-/m1/s1. The molecular formula is C5H8O3S. The molecule has 2 N–H and O–H groups in total. The van der Waals surface area contributed by atoms with Crippen molar-refractivity contribution in [2.24, 2.45) is 0 Å². The Morgan fingerprint density at radius 1 is 1.67 bits per heavy atom. The smallest absolute Gasteiger partial charge is 0.319 e. The number of thioether (sulfide) groups is 1. The van der Waals surface area contributed by atoms with Crippen LogP contribution in [0.25, 0.3) is 0 Å². The van der Waals surface area contributed by atoms with Crippen molar-refractivity contribution in [3.05, 3.63) is 0 Å². The molecule has 1 aliphatic rings. The number of rotatable bonds is 1. The molecule has 52 valence electrons. The van der Waals surface area contributed by atoms with Gasteiger partial charge in [-0.3, -0.25) is 4.79 Å². The molecule has 2 atom stereocenters. The van der Waals surface area contributed by atoms with Gasteiger partial charge in [0.25, 0.3) is 0 Å². The van der Waals surface area contributed by atoms with Gasteiger partial charge in [0.2, 0.25) is 0 Å². The van der Waals surface area contributed by atoms with E-state index in [2.05, 4.69) is 0 Å². The van der Waals surface area contributed by atoms with Crippen LogP contribution in [0.2, 0.25) is 0 Å². The minimum Gasteiger partial charge on any atom is -0.480 e. The zero-order chi connectivity index (χ0) is 6.85. The van der Waals surface area contributed by atoms with Crippen molar-refractivity contribution in [2.75, 3.05) is 5.75 Å². The van der Waals surface area contributed by atoms with Gasteiger partial charge in [-0.15, -0.1) is 11.8 Å². The molecule has 9 heavy (non-hydrogen) atoms. The molecule has 0 spiro atoms. The molecule has 0 amide bonds. The third-order valence-electron chi connectivity index (χ3n) is 1.30. The fraction of sp³-hybridized carbons (Fsp3) is 0.800. The highest BCUT2D eigenvalue weighted by Gasteiger charge is 2.31. The average Bonchev–Trinajstić information content (AvgIpc) is 2.13. The van der Waals surface area contributed by atoms with E-state index in [9.17, 15) is 4.79 Å². The van der Waals surface area contributed by atoms with Crippen LogP contribution < -0.4 is 0 Å². The first kappa shape index (κ1) is 6.89. The Kier molecular flexibility index (Phi) is 1.97. The van der Waals surface area contributed by atoms with Crippen LogP contribution in [0.5, 0.6) is 0 Å². The number of hydrogen-bond acceptors (Lipinski definition) is 3. The number of carbonyl (C=O) groups is 1. The van der Waals surface area contributed by atoms with Gasteiger partial charge in [0.15, 0.2) is 0 Å². The zero-order valence-corrected chi connectivity index (χ0v) is 5.60. The van der Waals surface area contributed by atoms with Gasteiger partial charge in [-0.1, -0.05) is 0 Å². The van der Waals surface area contributed by atoms with Gasteiger partial charge in [-0.05, 0) is 12.2 Å². The number of carboxylic acids is 1. The van der Waals surface area contributed by atoms with E-state index in [1.54, 1.807) is 0 Å². The molecule has 0 aromatic carbocycles. The molecule has 3 nitrogen and oxygen atoms in total. The van der Waals surface area contributed by atoms with Crippen LogP contribution in [-0.2, 0) is 4.79 Å². The largest absolute Gasteiger partial charge is 0.480 e. The first-order chi connectivity index (χ1) is 4.22. The molecule has 0 aliphatic carbocycles. The van der Waals surface area contributed by atoms with Crippen LogP contribution in [0.1, 0.15) is 6.42 Å². The maximum atomic E-state index is 10.2. The molecule has 1 heterocycles. The number of carboxylic acid groups (broad SMARTS) is 1. The molecule has 0 aromatic rings. The van der Waals surface area contributed by atoms with E-state index < -0.39 is 17.3 Å². The van der Waals surface area contributed by atoms with Gasteiger partial charge < -0.3 is 10.2 Å². The monoisotopic (exact) mass is 148 g/mol. The van der Waals surface area contributed by atoms with Crippen molar-refractivity contribution in [3.8, 4) is 0 Å². The lowest BCUT2D eigenvalue weighted by atomic mass is 10.2. The summed E-state index contributed by atoms with van der Waals surface area (Å²) in [6.07, 6.45) is -0.0192. The Balaban J connectivity index is 2.49. The lowest BCUT2D eigenvalue weighted by Crippen LogP contribution is -2.25. The molecule has 1 fully saturated rings. The third kappa shape index (κ3) is 1.37. The van der Waals surface area contributed by atoms with Crippen LogP contribution in [0.3, 0.4) is 0 Å². The molecule has 1 rings (SSSR count). The molecule has 1 aliphatic heterocycles. The molecule has 0 unspecified atom stereocenters. The lowest BCUT2D eigenvalue weighted by molar-refractivity contribution is -0.138. The Morgan fingerprint density at radius 2 is 2.33 bits per heavy atom. The average molecular weight is 148 g/mol. The van der Waals surface area contributed by atoms with Gasteiger partial charge in [0.1, 0.15) is 5.25 Å². The van der Waals surface area contributed by atoms with Crippen LogP contribution in [0.4, 0.5) is 0 Å². The van der Waals surface area contributed by atoms with Crippen LogP contribution in [-0.4, -0.2) is 33.3 Å². The lowest BCUT2D eigenvalue weighted by Gasteiger charge is -2.05. The minimum absolute atomic E-state index is 0.579.